The molecule has 1 aromatic carbocycles. The number of nitrogens with zero attached hydrogens (tertiary/aromatic N) is 2. The number of nitrogens with one attached hydrogen (secondary N) is 1. The van der Waals surface area contributed by atoms with Crippen LogP contribution in [0, 0.1) is 5.92 Å². The third kappa shape index (κ3) is 4.28. The molecule has 140 valence electrons. The van der Waals surface area contributed by atoms with Crippen molar-refractivity contribution >= 4 is 17.5 Å². The van der Waals surface area contributed by atoms with E-state index in [9.17, 15) is 4.79 Å². The Bertz CT molecular complexity index is 765. The lowest BCUT2D eigenvalue weighted by Gasteiger charge is -2.14. The molecule has 1 N–H and O–H groups in total. The van der Waals surface area contributed by atoms with E-state index in [1.807, 2.05) is 4.90 Å². The summed E-state index contributed by atoms with van der Waals surface area (Å²) in [7, 11) is 3.26. The van der Waals surface area contributed by atoms with Gasteiger partial charge in [0.25, 0.3) is 5.91 Å². The van der Waals surface area contributed by atoms with Gasteiger partial charge >= 0.3 is 0 Å². The first kappa shape index (κ1) is 18.5. The average Bonchev–Trinajstić information content (AvgIpc) is 3.30. The zero-order chi connectivity index (χ0) is 18.5. The zero-order valence-electron chi connectivity index (χ0n) is 14.8. The number of benzene rings is 1. The van der Waals surface area contributed by atoms with Crippen LogP contribution in [-0.2, 0) is 11.3 Å². The fraction of sp³-hybridized carbons (Fsp3) is 0.444. The van der Waals surface area contributed by atoms with E-state index < -0.39 is 0 Å². The topological polar surface area (TPSA) is 76.7 Å². The molecule has 7 nitrogen and oxygen atoms in total. The van der Waals surface area contributed by atoms with Gasteiger partial charge < -0.3 is 19.1 Å². The summed E-state index contributed by atoms with van der Waals surface area (Å²) in [5, 5.41) is 7.42. The van der Waals surface area contributed by atoms with Crippen LogP contribution in [0.1, 0.15) is 22.6 Å². The lowest BCUT2D eigenvalue weighted by Crippen LogP contribution is -2.29. The van der Waals surface area contributed by atoms with Crippen LogP contribution in [-0.4, -0.2) is 54.9 Å². The second kappa shape index (κ2) is 8.42. The number of ether oxygens (including phenoxy) is 3. The van der Waals surface area contributed by atoms with E-state index in [1.54, 1.807) is 38.5 Å². The van der Waals surface area contributed by atoms with Crippen LogP contribution in [0.3, 0.4) is 0 Å². The molecule has 1 fully saturated rings. The van der Waals surface area contributed by atoms with E-state index in [0.29, 0.717) is 47.0 Å². The second-order valence-corrected chi connectivity index (χ2v) is 6.63. The first-order valence-corrected chi connectivity index (χ1v) is 8.77. The lowest BCUT2D eigenvalue weighted by atomic mass is 10.1. The Kier molecular flexibility index (Phi) is 6.00. The number of halogens is 1. The highest BCUT2D eigenvalue weighted by Crippen LogP contribution is 2.29. The van der Waals surface area contributed by atoms with Crippen LogP contribution in [0.5, 0.6) is 11.5 Å². The first-order valence-electron chi connectivity index (χ1n) is 8.39. The number of amides is 1. The van der Waals surface area contributed by atoms with E-state index in [-0.39, 0.29) is 12.5 Å². The number of rotatable bonds is 7. The first-order chi connectivity index (χ1) is 12.6. The lowest BCUT2D eigenvalue weighted by molar-refractivity contribution is 0.0769. The van der Waals surface area contributed by atoms with Crippen molar-refractivity contribution in [1.29, 1.82) is 0 Å². The number of methoxy groups -OCH3 is 2. The monoisotopic (exact) mass is 379 g/mol. The number of likely N-dealkylation sites (tertiary alicyclic amines) is 1. The summed E-state index contributed by atoms with van der Waals surface area (Å²) in [4.78, 5) is 14.3. The number of aromatic nitrogens is 2. The molecule has 3 rings (SSSR count). The Morgan fingerprint density at radius 3 is 2.96 bits per heavy atom. The van der Waals surface area contributed by atoms with Crippen molar-refractivity contribution in [2.24, 2.45) is 5.92 Å². The third-order valence-electron chi connectivity index (χ3n) is 4.35. The molecule has 0 radical (unpaired) electrons. The minimum absolute atomic E-state index is 0.0754. The van der Waals surface area contributed by atoms with Gasteiger partial charge in [-0.2, -0.15) is 5.10 Å². The van der Waals surface area contributed by atoms with Gasteiger partial charge in [-0.1, -0.05) is 11.6 Å². The van der Waals surface area contributed by atoms with Crippen molar-refractivity contribution in [1.82, 2.24) is 15.1 Å². The van der Waals surface area contributed by atoms with Gasteiger partial charge in [0.15, 0.2) is 5.69 Å². The molecule has 0 unspecified atom stereocenters. The number of carbonyl (C=O) groups is 1. The van der Waals surface area contributed by atoms with Crippen LogP contribution in [0.2, 0.25) is 5.02 Å². The van der Waals surface area contributed by atoms with Gasteiger partial charge in [-0.15, -0.1) is 0 Å². The summed E-state index contributed by atoms with van der Waals surface area (Å²) in [6, 6.07) is 6.91. The largest absolute Gasteiger partial charge is 0.497 e. The van der Waals surface area contributed by atoms with Crippen LogP contribution in [0.25, 0.3) is 0 Å². The molecule has 1 aromatic heterocycles. The Morgan fingerprint density at radius 1 is 1.38 bits per heavy atom. The molecule has 2 aromatic rings. The summed E-state index contributed by atoms with van der Waals surface area (Å²) < 4.78 is 16.0. The highest BCUT2D eigenvalue weighted by molar-refractivity contribution is 6.32. The van der Waals surface area contributed by atoms with Gasteiger partial charge in [-0.05, 0) is 24.6 Å². The van der Waals surface area contributed by atoms with E-state index in [4.69, 9.17) is 25.8 Å². The molecule has 0 saturated carbocycles. The molecule has 26 heavy (non-hydrogen) atoms. The molecule has 1 aliphatic heterocycles. The summed E-state index contributed by atoms with van der Waals surface area (Å²) >= 11 is 6.15. The molecule has 1 saturated heterocycles. The van der Waals surface area contributed by atoms with Crippen molar-refractivity contribution in [2.45, 2.75) is 13.0 Å². The van der Waals surface area contributed by atoms with Crippen LogP contribution in [0.4, 0.5) is 0 Å². The maximum absolute atomic E-state index is 12.5. The SMILES string of the molecule is COC[C@H]1CCN(C(=O)c2cc(COc3ccc(OC)cc3Cl)[nH]n2)C1. The van der Waals surface area contributed by atoms with E-state index in [2.05, 4.69) is 10.2 Å². The smallest absolute Gasteiger partial charge is 0.274 e. The molecule has 1 amide bonds. The highest BCUT2D eigenvalue weighted by atomic mass is 35.5. The maximum atomic E-state index is 12.5. The number of carbonyl (C=O) groups excluding carboxylic acids is 1. The summed E-state index contributed by atoms with van der Waals surface area (Å²) in [6.07, 6.45) is 0.954. The quantitative estimate of drug-likeness (QED) is 0.800. The molecule has 0 bridgehead atoms. The Hall–Kier alpha value is -2.25. The predicted octanol–water partition coefficient (Wildman–Crippen LogP) is 2.76. The Balaban J connectivity index is 1.57. The Morgan fingerprint density at radius 2 is 2.23 bits per heavy atom. The number of hydrogen-bond donors (Lipinski definition) is 1. The number of hydrogen-bond acceptors (Lipinski definition) is 5. The summed E-state index contributed by atoms with van der Waals surface area (Å²) in [6.45, 7) is 2.34. The molecular weight excluding hydrogens is 358 g/mol. The minimum Gasteiger partial charge on any atom is -0.497 e. The van der Waals surface area contributed by atoms with Gasteiger partial charge in [-0.25, -0.2) is 0 Å². The van der Waals surface area contributed by atoms with Crippen molar-refractivity contribution in [2.75, 3.05) is 33.9 Å². The van der Waals surface area contributed by atoms with Crippen LogP contribution in [0.15, 0.2) is 24.3 Å². The molecule has 2 heterocycles. The van der Waals surface area contributed by atoms with E-state index >= 15 is 0 Å². The number of H-pyrrole nitrogens is 1. The second-order valence-electron chi connectivity index (χ2n) is 6.22. The van der Waals surface area contributed by atoms with Crippen molar-refractivity contribution < 1.29 is 19.0 Å². The minimum atomic E-state index is -0.0754. The van der Waals surface area contributed by atoms with Crippen molar-refractivity contribution in [3.8, 4) is 11.5 Å². The van der Waals surface area contributed by atoms with Crippen LogP contribution >= 0.6 is 11.6 Å². The maximum Gasteiger partial charge on any atom is 0.274 e. The van der Waals surface area contributed by atoms with Gasteiger partial charge in [0, 0.05) is 32.2 Å². The Labute approximate surface area is 157 Å². The molecule has 0 aliphatic carbocycles. The standard InChI is InChI=1S/C18H22ClN3O4/c1-24-10-12-5-6-22(9-12)18(23)16-7-13(20-21-16)11-26-17-4-3-14(25-2)8-15(17)19/h3-4,7-8,12H,5-6,9-11H2,1-2H3,(H,20,21)/t12-/m0/s1. The van der Waals surface area contributed by atoms with Crippen molar-refractivity contribution in [3.05, 3.63) is 40.7 Å². The van der Waals surface area contributed by atoms with Gasteiger partial charge in [0.1, 0.15) is 18.1 Å². The van der Waals surface area contributed by atoms with E-state index in [1.165, 1.54) is 0 Å². The highest BCUT2D eigenvalue weighted by Gasteiger charge is 2.28. The van der Waals surface area contributed by atoms with Gasteiger partial charge in [0.05, 0.1) is 24.4 Å². The molecule has 1 aliphatic rings. The van der Waals surface area contributed by atoms with Crippen LogP contribution < -0.4 is 9.47 Å². The predicted molar refractivity (Wildman–Crippen MR) is 96.8 cm³/mol. The van der Waals surface area contributed by atoms with E-state index in [0.717, 1.165) is 13.0 Å². The summed E-state index contributed by atoms with van der Waals surface area (Å²) in [5.74, 6) is 1.52. The fourth-order valence-corrected chi connectivity index (χ4v) is 3.20. The average molecular weight is 380 g/mol. The van der Waals surface area contributed by atoms with Crippen molar-refractivity contribution in [3.63, 3.8) is 0 Å². The fourth-order valence-electron chi connectivity index (χ4n) is 2.98. The molecule has 8 heteroatoms. The third-order valence-corrected chi connectivity index (χ3v) is 4.64. The zero-order valence-corrected chi connectivity index (χ0v) is 15.6. The molecule has 1 atom stereocenters. The molecular formula is C18H22ClN3O4. The van der Waals surface area contributed by atoms with Gasteiger partial charge in [-0.3, -0.25) is 9.89 Å². The normalized spacial score (nSPS) is 16.7. The molecule has 0 spiro atoms. The van der Waals surface area contributed by atoms with Gasteiger partial charge in [0.2, 0.25) is 0 Å². The number of aromatic amines is 1. The summed E-state index contributed by atoms with van der Waals surface area (Å²) in [5.41, 5.74) is 1.09.